The van der Waals surface area contributed by atoms with Crippen LogP contribution in [0.15, 0.2) is 27.9 Å². The number of rotatable bonds is 10. The second-order valence-electron chi connectivity index (χ2n) is 9.22. The van der Waals surface area contributed by atoms with Crippen LogP contribution in [-0.2, 0) is 22.5 Å². The van der Waals surface area contributed by atoms with Gasteiger partial charge in [-0.1, -0.05) is 30.0 Å². The van der Waals surface area contributed by atoms with Gasteiger partial charge in [0.25, 0.3) is 11.5 Å². The van der Waals surface area contributed by atoms with Crippen LogP contribution in [0, 0.1) is 18.3 Å². The molecule has 0 aliphatic carbocycles. The summed E-state index contributed by atoms with van der Waals surface area (Å²) < 4.78 is 18.5. The van der Waals surface area contributed by atoms with Crippen molar-refractivity contribution in [2.75, 3.05) is 39.2 Å². The second-order valence-corrected chi connectivity index (χ2v) is 10.9. The highest BCUT2D eigenvalue weighted by Gasteiger charge is 2.35. The van der Waals surface area contributed by atoms with Crippen molar-refractivity contribution in [2.45, 2.75) is 45.8 Å². The topological polar surface area (TPSA) is 106 Å². The van der Waals surface area contributed by atoms with Crippen LogP contribution in [0.2, 0.25) is 0 Å². The van der Waals surface area contributed by atoms with E-state index in [-0.39, 0.29) is 23.1 Å². The first-order valence-electron chi connectivity index (χ1n) is 12.8. The monoisotopic (exact) mass is 568 g/mol. The lowest BCUT2D eigenvalue weighted by Crippen LogP contribution is -2.35. The minimum Gasteiger partial charge on any atom is -0.493 e. The van der Waals surface area contributed by atoms with Crippen molar-refractivity contribution in [2.24, 2.45) is 0 Å². The number of carbonyl (C=O) groups excluding carboxylic acids is 1. The Morgan fingerprint density at radius 2 is 2.05 bits per heavy atom. The summed E-state index contributed by atoms with van der Waals surface area (Å²) in [5, 5.41) is 13.2. The second kappa shape index (κ2) is 12.7. The fourth-order valence-electron chi connectivity index (χ4n) is 4.80. The van der Waals surface area contributed by atoms with Gasteiger partial charge < -0.3 is 19.5 Å². The third-order valence-corrected chi connectivity index (χ3v) is 8.28. The number of thioether (sulfide) groups is 1. The Bertz CT molecular complexity index is 1410. The minimum absolute atomic E-state index is 0.0189. The predicted octanol–water partition coefficient (Wildman–Crippen LogP) is 4.10. The van der Waals surface area contributed by atoms with Crippen molar-refractivity contribution in [3.8, 4) is 17.6 Å². The molecule has 2 aliphatic rings. The van der Waals surface area contributed by atoms with Gasteiger partial charge in [0, 0.05) is 25.3 Å². The fraction of sp³-hybridized carbons (Fsp3) is 0.429. The molecule has 0 bridgehead atoms. The maximum atomic E-state index is 13.3. The Balaban J connectivity index is 1.66. The van der Waals surface area contributed by atoms with Gasteiger partial charge in [0.05, 0.1) is 31.8 Å². The molecular formula is C28H32N4O5S2. The molecule has 0 radical (unpaired) electrons. The molecule has 2 aliphatic heterocycles. The van der Waals surface area contributed by atoms with E-state index in [4.69, 9.17) is 26.4 Å². The van der Waals surface area contributed by atoms with Gasteiger partial charge in [-0.2, -0.15) is 5.26 Å². The molecule has 2 saturated heterocycles. The van der Waals surface area contributed by atoms with Crippen molar-refractivity contribution >= 4 is 46.1 Å². The molecule has 1 aromatic heterocycles. The molecule has 1 N–H and O–H groups in total. The van der Waals surface area contributed by atoms with Gasteiger partial charge >= 0.3 is 0 Å². The number of nitrogens with one attached hydrogen (secondary N) is 1. The summed E-state index contributed by atoms with van der Waals surface area (Å²) in [6.07, 6.45) is 4.24. The summed E-state index contributed by atoms with van der Waals surface area (Å²) in [4.78, 5) is 28.5. The molecule has 1 amide bonds. The van der Waals surface area contributed by atoms with Crippen molar-refractivity contribution < 1.29 is 19.0 Å². The van der Waals surface area contributed by atoms with Crippen LogP contribution in [0.3, 0.4) is 0 Å². The summed E-state index contributed by atoms with van der Waals surface area (Å²) in [7, 11) is 3.18. The van der Waals surface area contributed by atoms with E-state index in [2.05, 4.69) is 11.4 Å². The van der Waals surface area contributed by atoms with Crippen molar-refractivity contribution in [3.63, 3.8) is 0 Å². The number of hydrogen-bond acceptors (Lipinski definition) is 9. The minimum atomic E-state index is -0.366. The number of hydrogen-bond donors (Lipinski definition) is 1. The first-order chi connectivity index (χ1) is 18.8. The highest BCUT2D eigenvalue weighted by Crippen LogP contribution is 2.36. The SMILES string of the molecule is CCn1c(NCCc2ccc(OC)c(OC)c2)c(/C=C2/SC(=S)N(CC3CCCO3)C2=O)c(C)c(C#N)c1=O. The van der Waals surface area contributed by atoms with Gasteiger partial charge in [-0.05, 0) is 62.4 Å². The van der Waals surface area contributed by atoms with Crippen molar-refractivity contribution in [3.05, 3.63) is 55.7 Å². The van der Waals surface area contributed by atoms with Gasteiger partial charge in [0.1, 0.15) is 21.8 Å². The maximum Gasteiger partial charge on any atom is 0.270 e. The van der Waals surface area contributed by atoms with E-state index in [1.807, 2.05) is 25.1 Å². The van der Waals surface area contributed by atoms with Crippen LogP contribution in [-0.4, -0.2) is 59.7 Å². The van der Waals surface area contributed by atoms with Crippen LogP contribution in [0.4, 0.5) is 5.82 Å². The van der Waals surface area contributed by atoms with E-state index >= 15 is 0 Å². The number of benzene rings is 1. The predicted molar refractivity (Wildman–Crippen MR) is 156 cm³/mol. The van der Waals surface area contributed by atoms with Gasteiger partial charge in [0.15, 0.2) is 11.5 Å². The summed E-state index contributed by atoms with van der Waals surface area (Å²) in [6, 6.07) is 7.78. The zero-order valence-corrected chi connectivity index (χ0v) is 24.2. The van der Waals surface area contributed by atoms with Crippen LogP contribution in [0.1, 0.15) is 42.0 Å². The lowest BCUT2D eigenvalue weighted by Gasteiger charge is -2.20. The Labute approximate surface area is 237 Å². The average Bonchev–Trinajstić information content (AvgIpc) is 3.54. The molecule has 1 atom stereocenters. The highest BCUT2D eigenvalue weighted by atomic mass is 32.2. The smallest absolute Gasteiger partial charge is 0.270 e. The number of ether oxygens (including phenoxy) is 3. The molecule has 39 heavy (non-hydrogen) atoms. The van der Waals surface area contributed by atoms with Crippen molar-refractivity contribution in [1.29, 1.82) is 5.26 Å². The molecule has 206 valence electrons. The highest BCUT2D eigenvalue weighted by molar-refractivity contribution is 8.26. The Morgan fingerprint density at radius 3 is 2.69 bits per heavy atom. The molecule has 9 nitrogen and oxygen atoms in total. The lowest BCUT2D eigenvalue weighted by atomic mass is 10.0. The lowest BCUT2D eigenvalue weighted by molar-refractivity contribution is -0.123. The van der Waals surface area contributed by atoms with Crippen LogP contribution in [0.25, 0.3) is 6.08 Å². The third kappa shape index (κ3) is 5.98. The molecule has 1 aromatic carbocycles. The Kier molecular flexibility index (Phi) is 9.32. The first-order valence-corrected chi connectivity index (χ1v) is 14.0. The largest absolute Gasteiger partial charge is 0.493 e. The number of pyridine rings is 1. The maximum absolute atomic E-state index is 13.3. The van der Waals surface area contributed by atoms with E-state index in [0.717, 1.165) is 18.4 Å². The van der Waals surface area contributed by atoms with Gasteiger partial charge in [-0.3, -0.25) is 19.1 Å². The molecule has 2 aromatic rings. The zero-order chi connectivity index (χ0) is 28.1. The molecular weight excluding hydrogens is 536 g/mol. The molecule has 11 heteroatoms. The zero-order valence-electron chi connectivity index (χ0n) is 22.5. The number of nitriles is 1. The van der Waals surface area contributed by atoms with E-state index < -0.39 is 0 Å². The summed E-state index contributed by atoms with van der Waals surface area (Å²) in [5.41, 5.74) is 1.85. The van der Waals surface area contributed by atoms with Crippen LogP contribution >= 0.6 is 24.0 Å². The molecule has 2 fully saturated rings. The Hall–Kier alpha value is -3.33. The molecule has 3 heterocycles. The molecule has 4 rings (SSSR count). The number of anilines is 1. The van der Waals surface area contributed by atoms with Gasteiger partial charge in [-0.15, -0.1) is 0 Å². The van der Waals surface area contributed by atoms with Gasteiger partial charge in [0.2, 0.25) is 0 Å². The number of nitrogens with zero attached hydrogens (tertiary/aromatic N) is 3. The molecule has 0 saturated carbocycles. The molecule has 1 unspecified atom stereocenters. The van der Waals surface area contributed by atoms with Gasteiger partial charge in [-0.25, -0.2) is 0 Å². The third-order valence-electron chi connectivity index (χ3n) is 6.90. The first kappa shape index (κ1) is 28.7. The summed E-state index contributed by atoms with van der Waals surface area (Å²) in [6.45, 7) is 5.56. The number of thiocarbonyl (C=S) groups is 1. The number of carbonyl (C=O) groups is 1. The Morgan fingerprint density at radius 1 is 1.28 bits per heavy atom. The standard InChI is InChI=1S/C28H32N4O5S2/c1-5-31-25(30-11-10-18-8-9-22(35-3)23(13-18)36-4)20(17(2)21(15-29)26(31)33)14-24-27(34)32(28(38)39-24)16-19-7-6-12-37-19/h8-9,13-14,19,30H,5-7,10-12,16H2,1-4H3/b24-14+. The fourth-order valence-corrected chi connectivity index (χ4v) is 6.05. The van der Waals surface area contributed by atoms with Crippen LogP contribution < -0.4 is 20.3 Å². The van der Waals surface area contributed by atoms with E-state index in [1.165, 1.54) is 11.8 Å². The number of aromatic nitrogens is 1. The number of methoxy groups -OCH3 is 2. The summed E-state index contributed by atoms with van der Waals surface area (Å²) in [5.74, 6) is 1.66. The molecule has 0 spiro atoms. The van der Waals surface area contributed by atoms with Crippen LogP contribution in [0.5, 0.6) is 11.5 Å². The normalized spacial score (nSPS) is 18.1. The van der Waals surface area contributed by atoms with E-state index in [1.54, 1.807) is 36.7 Å². The number of amides is 1. The van der Waals surface area contributed by atoms with E-state index in [0.29, 0.717) is 70.3 Å². The van der Waals surface area contributed by atoms with Crippen molar-refractivity contribution in [1.82, 2.24) is 9.47 Å². The summed E-state index contributed by atoms with van der Waals surface area (Å²) >= 11 is 6.75. The quantitative estimate of drug-likeness (QED) is 0.335. The average molecular weight is 569 g/mol. The van der Waals surface area contributed by atoms with E-state index in [9.17, 15) is 14.9 Å².